The summed E-state index contributed by atoms with van der Waals surface area (Å²) >= 11 is 0. The highest BCUT2D eigenvalue weighted by atomic mass is 16.5. The number of carbonyl (C=O) groups is 1. The quantitative estimate of drug-likeness (QED) is 0.718. The van der Waals surface area contributed by atoms with E-state index in [-0.39, 0.29) is 11.9 Å². The second-order valence-electron chi connectivity index (χ2n) is 3.68. The third-order valence-corrected chi connectivity index (χ3v) is 2.67. The lowest BCUT2D eigenvalue weighted by Gasteiger charge is -2.12. The topological polar surface area (TPSA) is 35.5 Å². The molecule has 0 radical (unpaired) electrons. The van der Waals surface area contributed by atoms with Crippen molar-refractivity contribution in [1.29, 1.82) is 0 Å². The third kappa shape index (κ3) is 3.26. The first kappa shape index (κ1) is 12.6. The molecule has 0 aliphatic rings. The first-order valence-corrected chi connectivity index (χ1v) is 5.42. The SMILES string of the molecule is CCC(Cc1ccc(OC)cc1)C(=O)OC. The van der Waals surface area contributed by atoms with Gasteiger partial charge in [0.05, 0.1) is 20.1 Å². The molecule has 0 N–H and O–H groups in total. The fourth-order valence-corrected chi connectivity index (χ4v) is 1.61. The number of methoxy groups -OCH3 is 2. The van der Waals surface area contributed by atoms with Crippen molar-refractivity contribution in [2.24, 2.45) is 5.92 Å². The molecule has 1 atom stereocenters. The molecule has 1 aromatic rings. The number of hydrogen-bond donors (Lipinski definition) is 0. The maximum atomic E-state index is 11.4. The lowest BCUT2D eigenvalue weighted by molar-refractivity contribution is -0.145. The highest BCUT2D eigenvalue weighted by Gasteiger charge is 2.17. The van der Waals surface area contributed by atoms with Gasteiger partial charge in [-0.1, -0.05) is 19.1 Å². The molecule has 0 fully saturated rings. The molecule has 0 aromatic heterocycles. The zero-order chi connectivity index (χ0) is 12.0. The molecule has 88 valence electrons. The van der Waals surface area contributed by atoms with Gasteiger partial charge in [-0.05, 0) is 30.5 Å². The van der Waals surface area contributed by atoms with Crippen LogP contribution in [0.2, 0.25) is 0 Å². The van der Waals surface area contributed by atoms with Crippen LogP contribution in [0.1, 0.15) is 18.9 Å². The van der Waals surface area contributed by atoms with Crippen LogP contribution < -0.4 is 4.74 Å². The normalized spacial score (nSPS) is 11.9. The Hall–Kier alpha value is -1.51. The van der Waals surface area contributed by atoms with Crippen LogP contribution in [0.15, 0.2) is 24.3 Å². The van der Waals surface area contributed by atoms with E-state index in [0.29, 0.717) is 6.42 Å². The summed E-state index contributed by atoms with van der Waals surface area (Å²) in [7, 11) is 3.07. The van der Waals surface area contributed by atoms with Crippen LogP contribution in [-0.4, -0.2) is 20.2 Å². The molecule has 1 unspecified atom stereocenters. The molecule has 0 amide bonds. The van der Waals surface area contributed by atoms with Crippen LogP contribution in [0.5, 0.6) is 5.75 Å². The van der Waals surface area contributed by atoms with Gasteiger partial charge in [-0.15, -0.1) is 0 Å². The number of benzene rings is 1. The Kier molecular flexibility index (Phi) is 4.83. The van der Waals surface area contributed by atoms with Gasteiger partial charge in [0.2, 0.25) is 0 Å². The largest absolute Gasteiger partial charge is 0.497 e. The summed E-state index contributed by atoms with van der Waals surface area (Å²) in [5.74, 6) is 0.631. The lowest BCUT2D eigenvalue weighted by atomic mass is 9.97. The summed E-state index contributed by atoms with van der Waals surface area (Å²) in [6, 6.07) is 7.76. The molecular formula is C13H18O3. The van der Waals surface area contributed by atoms with Crippen molar-refractivity contribution >= 4 is 5.97 Å². The molecular weight excluding hydrogens is 204 g/mol. The van der Waals surface area contributed by atoms with Crippen molar-refractivity contribution in [2.75, 3.05) is 14.2 Å². The van der Waals surface area contributed by atoms with E-state index in [0.717, 1.165) is 17.7 Å². The average molecular weight is 222 g/mol. The van der Waals surface area contributed by atoms with E-state index < -0.39 is 0 Å². The van der Waals surface area contributed by atoms with Gasteiger partial charge in [-0.25, -0.2) is 0 Å². The number of carbonyl (C=O) groups excluding carboxylic acids is 1. The van der Waals surface area contributed by atoms with Gasteiger partial charge < -0.3 is 9.47 Å². The average Bonchev–Trinajstić information content (AvgIpc) is 2.35. The summed E-state index contributed by atoms with van der Waals surface area (Å²) in [5.41, 5.74) is 1.12. The monoisotopic (exact) mass is 222 g/mol. The molecule has 0 aliphatic heterocycles. The standard InChI is InChI=1S/C13H18O3/c1-4-11(13(14)16-3)9-10-5-7-12(15-2)8-6-10/h5-8,11H,4,9H2,1-3H3. The van der Waals surface area contributed by atoms with Gasteiger partial charge in [0.15, 0.2) is 0 Å². The fourth-order valence-electron chi connectivity index (χ4n) is 1.61. The second-order valence-corrected chi connectivity index (χ2v) is 3.68. The Bertz CT molecular complexity index is 330. The van der Waals surface area contributed by atoms with Gasteiger partial charge in [-0.2, -0.15) is 0 Å². The van der Waals surface area contributed by atoms with Crippen molar-refractivity contribution in [3.05, 3.63) is 29.8 Å². The summed E-state index contributed by atoms with van der Waals surface area (Å²) in [4.78, 5) is 11.4. The summed E-state index contributed by atoms with van der Waals surface area (Å²) < 4.78 is 9.83. The number of hydrogen-bond acceptors (Lipinski definition) is 3. The minimum absolute atomic E-state index is 0.0570. The molecule has 0 saturated carbocycles. The van der Waals surface area contributed by atoms with Gasteiger partial charge >= 0.3 is 5.97 Å². The van der Waals surface area contributed by atoms with E-state index in [4.69, 9.17) is 9.47 Å². The molecule has 3 nitrogen and oxygen atoms in total. The smallest absolute Gasteiger partial charge is 0.308 e. The first-order valence-electron chi connectivity index (χ1n) is 5.42. The Balaban J connectivity index is 2.66. The van der Waals surface area contributed by atoms with Crippen LogP contribution in [0.3, 0.4) is 0 Å². The molecule has 16 heavy (non-hydrogen) atoms. The molecule has 1 rings (SSSR count). The van der Waals surface area contributed by atoms with E-state index in [2.05, 4.69) is 0 Å². The first-order chi connectivity index (χ1) is 7.71. The Labute approximate surface area is 96.4 Å². The van der Waals surface area contributed by atoms with Crippen LogP contribution in [0.4, 0.5) is 0 Å². The van der Waals surface area contributed by atoms with Crippen LogP contribution >= 0.6 is 0 Å². The Morgan fingerprint density at radius 1 is 1.25 bits per heavy atom. The molecule has 3 heteroatoms. The molecule has 0 heterocycles. The summed E-state index contributed by atoms with van der Waals surface area (Å²) in [5, 5.41) is 0. The predicted octanol–water partition coefficient (Wildman–Crippen LogP) is 2.44. The number of esters is 1. The van der Waals surface area contributed by atoms with Crippen molar-refractivity contribution in [2.45, 2.75) is 19.8 Å². The number of rotatable bonds is 5. The van der Waals surface area contributed by atoms with Gasteiger partial charge in [0.1, 0.15) is 5.75 Å². The van der Waals surface area contributed by atoms with Crippen LogP contribution in [0, 0.1) is 5.92 Å². The zero-order valence-electron chi connectivity index (χ0n) is 10.0. The molecule has 0 aliphatic carbocycles. The highest BCUT2D eigenvalue weighted by molar-refractivity contribution is 5.72. The van der Waals surface area contributed by atoms with Gasteiger partial charge in [-0.3, -0.25) is 4.79 Å². The van der Waals surface area contributed by atoms with Crippen LogP contribution in [-0.2, 0) is 16.0 Å². The van der Waals surface area contributed by atoms with E-state index in [1.54, 1.807) is 7.11 Å². The van der Waals surface area contributed by atoms with Crippen molar-refractivity contribution < 1.29 is 14.3 Å². The predicted molar refractivity (Wildman–Crippen MR) is 62.5 cm³/mol. The maximum Gasteiger partial charge on any atom is 0.308 e. The molecule has 0 bridgehead atoms. The minimum Gasteiger partial charge on any atom is -0.497 e. The Morgan fingerprint density at radius 3 is 2.31 bits per heavy atom. The van der Waals surface area contributed by atoms with Crippen LogP contribution in [0.25, 0.3) is 0 Å². The fraction of sp³-hybridized carbons (Fsp3) is 0.462. The Morgan fingerprint density at radius 2 is 1.88 bits per heavy atom. The number of ether oxygens (including phenoxy) is 2. The van der Waals surface area contributed by atoms with E-state index in [1.165, 1.54) is 7.11 Å². The molecule has 1 aromatic carbocycles. The van der Waals surface area contributed by atoms with E-state index in [9.17, 15) is 4.79 Å². The summed E-state index contributed by atoms with van der Waals surface area (Å²) in [6.45, 7) is 1.99. The van der Waals surface area contributed by atoms with E-state index in [1.807, 2.05) is 31.2 Å². The summed E-state index contributed by atoms with van der Waals surface area (Å²) in [6.07, 6.45) is 1.51. The third-order valence-electron chi connectivity index (χ3n) is 2.67. The lowest BCUT2D eigenvalue weighted by Crippen LogP contribution is -2.17. The second kappa shape index (κ2) is 6.16. The van der Waals surface area contributed by atoms with Crippen molar-refractivity contribution in [1.82, 2.24) is 0 Å². The van der Waals surface area contributed by atoms with Gasteiger partial charge in [0.25, 0.3) is 0 Å². The minimum atomic E-state index is -0.140. The maximum absolute atomic E-state index is 11.4. The van der Waals surface area contributed by atoms with Crippen molar-refractivity contribution in [3.8, 4) is 5.75 Å². The zero-order valence-corrected chi connectivity index (χ0v) is 10.0. The molecule has 0 saturated heterocycles. The van der Waals surface area contributed by atoms with Gasteiger partial charge in [0, 0.05) is 0 Å². The molecule has 0 spiro atoms. The highest BCUT2D eigenvalue weighted by Crippen LogP contribution is 2.17. The van der Waals surface area contributed by atoms with Crippen molar-refractivity contribution in [3.63, 3.8) is 0 Å². The van der Waals surface area contributed by atoms with E-state index >= 15 is 0 Å².